The van der Waals surface area contributed by atoms with Crippen LogP contribution in [0.25, 0.3) is 0 Å². The molecule has 2 heteroatoms. The molecule has 21 heavy (non-hydrogen) atoms. The molecule has 0 bridgehead atoms. The highest BCUT2D eigenvalue weighted by atomic mass is 15.2. The summed E-state index contributed by atoms with van der Waals surface area (Å²) in [5.74, 6) is 2.73. The van der Waals surface area contributed by atoms with Crippen LogP contribution in [0.4, 0.5) is 0 Å². The Bertz CT molecular complexity index is 285. The van der Waals surface area contributed by atoms with Gasteiger partial charge in [0.05, 0.1) is 0 Å². The van der Waals surface area contributed by atoms with Crippen LogP contribution in [0.3, 0.4) is 0 Å². The molecule has 2 rings (SSSR count). The van der Waals surface area contributed by atoms with Crippen molar-refractivity contribution in [3.63, 3.8) is 0 Å². The molecule has 124 valence electrons. The number of nitrogens with zero attached hydrogens (tertiary/aromatic N) is 1. The smallest absolute Gasteiger partial charge is 0.0198 e. The lowest BCUT2D eigenvalue weighted by molar-refractivity contribution is 0.0392. The average molecular weight is 295 g/mol. The van der Waals surface area contributed by atoms with Gasteiger partial charge in [-0.2, -0.15) is 0 Å². The molecule has 1 saturated carbocycles. The fraction of sp³-hybridized carbons (Fsp3) is 1.00. The predicted octanol–water partition coefficient (Wildman–Crippen LogP) is 4.30. The Balaban J connectivity index is 1.87. The van der Waals surface area contributed by atoms with Crippen molar-refractivity contribution in [1.29, 1.82) is 0 Å². The molecule has 2 aliphatic rings. The fourth-order valence-corrected chi connectivity index (χ4v) is 4.25. The van der Waals surface area contributed by atoms with E-state index in [9.17, 15) is 0 Å². The van der Waals surface area contributed by atoms with Crippen molar-refractivity contribution in [2.45, 2.75) is 84.7 Å². The van der Waals surface area contributed by atoms with Crippen LogP contribution in [-0.4, -0.2) is 36.6 Å². The lowest BCUT2D eigenvalue weighted by atomic mass is 9.77. The molecule has 3 unspecified atom stereocenters. The predicted molar refractivity (Wildman–Crippen MR) is 92.6 cm³/mol. The van der Waals surface area contributed by atoms with Gasteiger partial charge in [0.1, 0.15) is 0 Å². The van der Waals surface area contributed by atoms with Crippen molar-refractivity contribution >= 4 is 0 Å². The third-order valence-electron chi connectivity index (χ3n) is 5.88. The van der Waals surface area contributed by atoms with Crippen LogP contribution >= 0.6 is 0 Å². The van der Waals surface area contributed by atoms with E-state index in [1.165, 1.54) is 64.6 Å². The molecule has 0 amide bonds. The highest BCUT2D eigenvalue weighted by Crippen LogP contribution is 2.35. The van der Waals surface area contributed by atoms with Gasteiger partial charge in [-0.05, 0) is 56.4 Å². The second-order valence-electron chi connectivity index (χ2n) is 7.96. The Morgan fingerprint density at radius 3 is 2.43 bits per heavy atom. The van der Waals surface area contributed by atoms with Crippen LogP contribution < -0.4 is 5.32 Å². The molecule has 1 heterocycles. The molecular weight excluding hydrogens is 256 g/mol. The van der Waals surface area contributed by atoms with Gasteiger partial charge < -0.3 is 5.32 Å². The lowest BCUT2D eigenvalue weighted by Gasteiger charge is -2.47. The van der Waals surface area contributed by atoms with E-state index in [1.807, 2.05) is 0 Å². The minimum atomic E-state index is 0.733. The van der Waals surface area contributed by atoms with Gasteiger partial charge in [-0.1, -0.05) is 40.5 Å². The van der Waals surface area contributed by atoms with E-state index < -0.39 is 0 Å². The lowest BCUT2D eigenvalue weighted by Crippen LogP contribution is -2.55. The Labute approximate surface area is 133 Å². The maximum absolute atomic E-state index is 3.86. The average Bonchev–Trinajstić information content (AvgIpc) is 2.41. The van der Waals surface area contributed by atoms with Crippen LogP contribution in [0.1, 0.15) is 72.6 Å². The van der Waals surface area contributed by atoms with E-state index in [4.69, 9.17) is 0 Å². The standard InChI is InChI=1S/C19H38N2/c1-5-16-12-18(20-11-10-15(3)4)14-21(13-16)19(6-2)17-8-7-9-17/h15-20H,5-14H2,1-4H3. The van der Waals surface area contributed by atoms with Gasteiger partial charge in [-0.25, -0.2) is 0 Å². The van der Waals surface area contributed by atoms with Gasteiger partial charge in [-0.3, -0.25) is 4.90 Å². The minimum Gasteiger partial charge on any atom is -0.313 e. The highest BCUT2D eigenvalue weighted by molar-refractivity contribution is 4.91. The quantitative estimate of drug-likeness (QED) is 0.718. The summed E-state index contributed by atoms with van der Waals surface area (Å²) >= 11 is 0. The largest absolute Gasteiger partial charge is 0.313 e. The first-order valence-electron chi connectivity index (χ1n) is 9.61. The monoisotopic (exact) mass is 294 g/mol. The normalized spacial score (nSPS) is 29.6. The van der Waals surface area contributed by atoms with E-state index in [0.29, 0.717) is 0 Å². The van der Waals surface area contributed by atoms with Gasteiger partial charge in [0.2, 0.25) is 0 Å². The second-order valence-corrected chi connectivity index (χ2v) is 7.96. The van der Waals surface area contributed by atoms with Crippen molar-refractivity contribution in [1.82, 2.24) is 10.2 Å². The number of likely N-dealkylation sites (tertiary alicyclic amines) is 1. The van der Waals surface area contributed by atoms with Crippen molar-refractivity contribution < 1.29 is 0 Å². The van der Waals surface area contributed by atoms with E-state index in [2.05, 4.69) is 37.9 Å². The van der Waals surface area contributed by atoms with Crippen molar-refractivity contribution in [3.05, 3.63) is 0 Å². The molecule has 1 saturated heterocycles. The first-order valence-corrected chi connectivity index (χ1v) is 9.61. The summed E-state index contributed by atoms with van der Waals surface area (Å²) in [5.41, 5.74) is 0. The molecule has 3 atom stereocenters. The van der Waals surface area contributed by atoms with Gasteiger partial charge in [0, 0.05) is 25.2 Å². The van der Waals surface area contributed by atoms with Crippen LogP contribution in [0.2, 0.25) is 0 Å². The molecule has 0 aromatic carbocycles. The first-order chi connectivity index (χ1) is 10.1. The van der Waals surface area contributed by atoms with E-state index in [-0.39, 0.29) is 0 Å². The number of hydrogen-bond acceptors (Lipinski definition) is 2. The maximum atomic E-state index is 3.86. The van der Waals surface area contributed by atoms with E-state index >= 15 is 0 Å². The molecule has 0 radical (unpaired) electrons. The SMILES string of the molecule is CCC1CC(NCCC(C)C)CN(C(CC)C2CCC2)C1. The number of rotatable bonds is 8. The fourth-order valence-electron chi connectivity index (χ4n) is 4.25. The molecule has 0 aromatic rings. The molecule has 1 aliphatic carbocycles. The molecule has 0 spiro atoms. The summed E-state index contributed by atoms with van der Waals surface area (Å²) < 4.78 is 0. The van der Waals surface area contributed by atoms with Gasteiger partial charge in [0.15, 0.2) is 0 Å². The van der Waals surface area contributed by atoms with Crippen LogP contribution in [0.5, 0.6) is 0 Å². The summed E-state index contributed by atoms with van der Waals surface area (Å²) in [5, 5.41) is 3.86. The zero-order valence-electron chi connectivity index (χ0n) is 14.9. The van der Waals surface area contributed by atoms with Gasteiger partial charge >= 0.3 is 0 Å². The highest BCUT2D eigenvalue weighted by Gasteiger charge is 2.35. The number of nitrogens with one attached hydrogen (secondary N) is 1. The van der Waals surface area contributed by atoms with Crippen LogP contribution in [-0.2, 0) is 0 Å². The summed E-state index contributed by atoms with van der Waals surface area (Å²) in [6.07, 6.45) is 9.84. The third-order valence-corrected chi connectivity index (χ3v) is 5.88. The molecule has 1 N–H and O–H groups in total. The van der Waals surface area contributed by atoms with Crippen molar-refractivity contribution in [2.24, 2.45) is 17.8 Å². The zero-order valence-corrected chi connectivity index (χ0v) is 14.9. The summed E-state index contributed by atoms with van der Waals surface area (Å²) in [4.78, 5) is 2.86. The van der Waals surface area contributed by atoms with Gasteiger partial charge in [-0.15, -0.1) is 0 Å². The van der Waals surface area contributed by atoms with E-state index in [1.54, 1.807) is 0 Å². The first kappa shape index (κ1) is 17.3. The summed E-state index contributed by atoms with van der Waals surface area (Å²) in [6.45, 7) is 13.3. The topological polar surface area (TPSA) is 15.3 Å². The molecule has 2 fully saturated rings. The Hall–Kier alpha value is -0.0800. The maximum Gasteiger partial charge on any atom is 0.0198 e. The molecular formula is C19H38N2. The zero-order chi connectivity index (χ0) is 15.2. The molecule has 2 nitrogen and oxygen atoms in total. The summed E-state index contributed by atoms with van der Waals surface area (Å²) in [7, 11) is 0. The van der Waals surface area contributed by atoms with Crippen LogP contribution in [0.15, 0.2) is 0 Å². The Morgan fingerprint density at radius 2 is 1.90 bits per heavy atom. The summed E-state index contributed by atoms with van der Waals surface area (Å²) in [6, 6.07) is 1.60. The van der Waals surface area contributed by atoms with Crippen molar-refractivity contribution in [2.75, 3.05) is 19.6 Å². The van der Waals surface area contributed by atoms with Crippen molar-refractivity contribution in [3.8, 4) is 0 Å². The number of piperidine rings is 1. The molecule has 0 aromatic heterocycles. The Kier molecular flexibility index (Phi) is 7.01. The minimum absolute atomic E-state index is 0.733. The van der Waals surface area contributed by atoms with Crippen LogP contribution in [0, 0.1) is 17.8 Å². The second kappa shape index (κ2) is 8.53. The van der Waals surface area contributed by atoms with E-state index in [0.717, 1.165) is 29.8 Å². The molecule has 1 aliphatic heterocycles. The third kappa shape index (κ3) is 4.96. The Morgan fingerprint density at radius 1 is 1.14 bits per heavy atom. The van der Waals surface area contributed by atoms with Gasteiger partial charge in [0.25, 0.3) is 0 Å². The number of hydrogen-bond donors (Lipinski definition) is 1.